The van der Waals surface area contributed by atoms with E-state index in [9.17, 15) is 4.79 Å². The Morgan fingerprint density at radius 3 is 2.92 bits per heavy atom. The molecule has 0 bridgehead atoms. The average molecular weight is 165 g/mol. The number of nitrogens with two attached hydrogens (primary N) is 1. The SMILES string of the molecule is CC(CN)C(=O)c1cnccn1. The predicted molar refractivity (Wildman–Crippen MR) is 44.6 cm³/mol. The van der Waals surface area contributed by atoms with Crippen molar-refractivity contribution in [3.63, 3.8) is 0 Å². The third kappa shape index (κ3) is 1.85. The van der Waals surface area contributed by atoms with Crippen molar-refractivity contribution in [2.24, 2.45) is 11.7 Å². The van der Waals surface area contributed by atoms with E-state index in [-0.39, 0.29) is 11.7 Å². The topological polar surface area (TPSA) is 68.9 Å². The maximum absolute atomic E-state index is 11.4. The molecule has 0 amide bonds. The van der Waals surface area contributed by atoms with Crippen molar-refractivity contribution in [2.75, 3.05) is 6.54 Å². The second kappa shape index (κ2) is 3.92. The molecule has 1 aromatic heterocycles. The van der Waals surface area contributed by atoms with Crippen LogP contribution in [0.15, 0.2) is 18.6 Å². The molecule has 1 atom stereocenters. The molecule has 1 unspecified atom stereocenters. The number of carbonyl (C=O) groups excluding carboxylic acids is 1. The van der Waals surface area contributed by atoms with E-state index in [1.807, 2.05) is 0 Å². The van der Waals surface area contributed by atoms with Crippen molar-refractivity contribution in [1.29, 1.82) is 0 Å². The quantitative estimate of drug-likeness (QED) is 0.652. The average Bonchev–Trinajstić information content (AvgIpc) is 2.17. The lowest BCUT2D eigenvalue weighted by Crippen LogP contribution is -2.21. The van der Waals surface area contributed by atoms with Gasteiger partial charge in [-0.05, 0) is 0 Å². The Morgan fingerprint density at radius 1 is 1.67 bits per heavy atom. The molecule has 12 heavy (non-hydrogen) atoms. The molecule has 0 saturated heterocycles. The summed E-state index contributed by atoms with van der Waals surface area (Å²) in [5.74, 6) is -0.229. The van der Waals surface area contributed by atoms with Crippen molar-refractivity contribution in [3.8, 4) is 0 Å². The van der Waals surface area contributed by atoms with Gasteiger partial charge in [0, 0.05) is 24.9 Å². The van der Waals surface area contributed by atoms with Crippen LogP contribution in [0.5, 0.6) is 0 Å². The van der Waals surface area contributed by atoms with Gasteiger partial charge in [0.15, 0.2) is 5.78 Å². The van der Waals surface area contributed by atoms with Gasteiger partial charge in [0.1, 0.15) is 5.69 Å². The van der Waals surface area contributed by atoms with Crippen LogP contribution >= 0.6 is 0 Å². The third-order valence-electron chi connectivity index (χ3n) is 1.62. The van der Waals surface area contributed by atoms with Crippen molar-refractivity contribution in [1.82, 2.24) is 9.97 Å². The van der Waals surface area contributed by atoms with Gasteiger partial charge in [0.05, 0.1) is 6.20 Å². The molecule has 0 aliphatic rings. The van der Waals surface area contributed by atoms with Crippen molar-refractivity contribution in [3.05, 3.63) is 24.3 Å². The van der Waals surface area contributed by atoms with Gasteiger partial charge in [-0.25, -0.2) is 4.98 Å². The Kier molecular flexibility index (Phi) is 2.88. The predicted octanol–water partition coefficient (Wildman–Crippen LogP) is 0.254. The number of hydrogen-bond donors (Lipinski definition) is 1. The number of aromatic nitrogens is 2. The minimum absolute atomic E-state index is 0.0504. The fraction of sp³-hybridized carbons (Fsp3) is 0.375. The van der Waals surface area contributed by atoms with Crippen LogP contribution in [0.25, 0.3) is 0 Å². The van der Waals surface area contributed by atoms with Gasteiger partial charge in [-0.15, -0.1) is 0 Å². The van der Waals surface area contributed by atoms with Crippen LogP contribution in [0.3, 0.4) is 0 Å². The molecule has 2 N–H and O–H groups in total. The normalized spacial score (nSPS) is 12.5. The molecular weight excluding hydrogens is 154 g/mol. The first-order valence-corrected chi connectivity index (χ1v) is 3.76. The van der Waals surface area contributed by atoms with Crippen molar-refractivity contribution >= 4 is 5.78 Å². The smallest absolute Gasteiger partial charge is 0.186 e. The van der Waals surface area contributed by atoms with Gasteiger partial charge in [-0.2, -0.15) is 0 Å². The largest absolute Gasteiger partial charge is 0.330 e. The van der Waals surface area contributed by atoms with Crippen LogP contribution in [0, 0.1) is 5.92 Å². The van der Waals surface area contributed by atoms with E-state index in [0.29, 0.717) is 12.2 Å². The zero-order chi connectivity index (χ0) is 8.97. The molecule has 4 nitrogen and oxygen atoms in total. The standard InChI is InChI=1S/C8H11N3O/c1-6(4-9)8(12)7-5-10-2-3-11-7/h2-3,5-6H,4,9H2,1H3. The first kappa shape index (κ1) is 8.80. The number of hydrogen-bond acceptors (Lipinski definition) is 4. The zero-order valence-electron chi connectivity index (χ0n) is 6.90. The third-order valence-corrected chi connectivity index (χ3v) is 1.62. The van der Waals surface area contributed by atoms with Crippen molar-refractivity contribution in [2.45, 2.75) is 6.92 Å². The highest BCUT2D eigenvalue weighted by atomic mass is 16.1. The highest BCUT2D eigenvalue weighted by Gasteiger charge is 2.14. The Morgan fingerprint density at radius 2 is 2.42 bits per heavy atom. The summed E-state index contributed by atoms with van der Waals surface area (Å²) in [4.78, 5) is 19.1. The Hall–Kier alpha value is -1.29. The molecule has 4 heteroatoms. The Bertz CT molecular complexity index is 260. The molecule has 1 aromatic rings. The number of carbonyl (C=O) groups is 1. The monoisotopic (exact) mass is 165 g/mol. The van der Waals surface area contributed by atoms with Crippen LogP contribution in [0.2, 0.25) is 0 Å². The van der Waals surface area contributed by atoms with E-state index < -0.39 is 0 Å². The lowest BCUT2D eigenvalue weighted by atomic mass is 10.1. The van der Waals surface area contributed by atoms with Gasteiger partial charge in [-0.1, -0.05) is 6.92 Å². The minimum atomic E-state index is -0.179. The van der Waals surface area contributed by atoms with E-state index in [0.717, 1.165) is 0 Å². The fourth-order valence-corrected chi connectivity index (χ4v) is 0.786. The van der Waals surface area contributed by atoms with E-state index in [4.69, 9.17) is 5.73 Å². The van der Waals surface area contributed by atoms with Crippen LogP contribution < -0.4 is 5.73 Å². The number of rotatable bonds is 3. The summed E-state index contributed by atoms with van der Waals surface area (Å²) in [6, 6.07) is 0. The lowest BCUT2D eigenvalue weighted by molar-refractivity contribution is 0.0929. The molecule has 0 aliphatic carbocycles. The summed E-state index contributed by atoms with van der Waals surface area (Å²) >= 11 is 0. The summed E-state index contributed by atoms with van der Waals surface area (Å²) in [5, 5.41) is 0. The highest BCUT2D eigenvalue weighted by Crippen LogP contribution is 2.02. The van der Waals surface area contributed by atoms with E-state index in [1.165, 1.54) is 18.6 Å². The maximum atomic E-state index is 11.4. The Labute approximate surface area is 70.8 Å². The molecule has 0 aliphatic heterocycles. The maximum Gasteiger partial charge on any atom is 0.186 e. The summed E-state index contributed by atoms with van der Waals surface area (Å²) in [5.41, 5.74) is 5.73. The molecule has 0 fully saturated rings. The van der Waals surface area contributed by atoms with Crippen LogP contribution in [0.4, 0.5) is 0 Å². The van der Waals surface area contributed by atoms with Crippen molar-refractivity contribution < 1.29 is 4.79 Å². The van der Waals surface area contributed by atoms with E-state index in [1.54, 1.807) is 6.92 Å². The minimum Gasteiger partial charge on any atom is -0.330 e. The van der Waals surface area contributed by atoms with Crippen LogP contribution in [-0.4, -0.2) is 22.3 Å². The molecule has 0 spiro atoms. The lowest BCUT2D eigenvalue weighted by Gasteiger charge is -2.04. The molecule has 0 radical (unpaired) electrons. The highest BCUT2D eigenvalue weighted by molar-refractivity contribution is 5.95. The number of ketones is 1. The second-order valence-corrected chi connectivity index (χ2v) is 2.59. The van der Waals surface area contributed by atoms with Crippen LogP contribution in [0.1, 0.15) is 17.4 Å². The summed E-state index contributed by atoms with van der Waals surface area (Å²) in [6.45, 7) is 2.12. The molecule has 1 heterocycles. The van der Waals surface area contributed by atoms with Crippen LogP contribution in [-0.2, 0) is 0 Å². The molecule has 64 valence electrons. The van der Waals surface area contributed by atoms with E-state index >= 15 is 0 Å². The molecular formula is C8H11N3O. The second-order valence-electron chi connectivity index (χ2n) is 2.59. The fourth-order valence-electron chi connectivity index (χ4n) is 0.786. The Balaban J connectivity index is 2.79. The summed E-state index contributed by atoms with van der Waals surface area (Å²) < 4.78 is 0. The van der Waals surface area contributed by atoms with Gasteiger partial charge < -0.3 is 5.73 Å². The van der Waals surface area contributed by atoms with Gasteiger partial charge >= 0.3 is 0 Å². The first-order chi connectivity index (χ1) is 5.75. The zero-order valence-corrected chi connectivity index (χ0v) is 6.90. The molecule has 0 aromatic carbocycles. The number of Topliss-reactive ketones (excluding diaryl/α,β-unsaturated/α-hetero) is 1. The number of nitrogens with zero attached hydrogens (tertiary/aromatic N) is 2. The van der Waals surface area contributed by atoms with E-state index in [2.05, 4.69) is 9.97 Å². The molecule has 0 saturated carbocycles. The van der Waals surface area contributed by atoms with Gasteiger partial charge in [0.2, 0.25) is 0 Å². The molecule has 1 rings (SSSR count). The summed E-state index contributed by atoms with van der Waals surface area (Å²) in [6.07, 6.45) is 4.48. The van der Waals surface area contributed by atoms with Gasteiger partial charge in [0.25, 0.3) is 0 Å². The van der Waals surface area contributed by atoms with Gasteiger partial charge in [-0.3, -0.25) is 9.78 Å². The summed E-state index contributed by atoms with van der Waals surface area (Å²) in [7, 11) is 0. The first-order valence-electron chi connectivity index (χ1n) is 3.76.